The zero-order valence-corrected chi connectivity index (χ0v) is 12.0. The molecule has 21 heavy (non-hydrogen) atoms. The highest BCUT2D eigenvalue weighted by Gasteiger charge is 2.20. The molecule has 1 N–H and O–H groups in total. The maximum atomic E-state index is 4.49. The van der Waals surface area contributed by atoms with E-state index in [0.717, 1.165) is 19.1 Å². The molecule has 0 amide bonds. The molecule has 0 atom stereocenters. The summed E-state index contributed by atoms with van der Waals surface area (Å²) in [6.07, 6.45) is 4.53. The monoisotopic (exact) mass is 277 g/mol. The molecule has 1 aliphatic rings. The van der Waals surface area contributed by atoms with Crippen LogP contribution in [0.25, 0.3) is 10.8 Å². The van der Waals surface area contributed by atoms with Crippen LogP contribution in [0.3, 0.4) is 0 Å². The summed E-state index contributed by atoms with van der Waals surface area (Å²) in [5, 5.41) is 10.7. The summed E-state index contributed by atoms with van der Waals surface area (Å²) in [5.41, 5.74) is 2.58. The van der Waals surface area contributed by atoms with Crippen molar-refractivity contribution in [2.24, 2.45) is 0 Å². The number of fused-ring (bicyclic) bond motifs is 1. The quantitative estimate of drug-likeness (QED) is 0.775. The van der Waals surface area contributed by atoms with Gasteiger partial charge in [0.25, 0.3) is 0 Å². The standard InChI is InChI=1S/C18H19N3/c1-2-7-18-14(4-1)5-3-6-15(18)13-21-17(10-11-20-21)12-19-16-8-9-16/h1-7,10-11,16,19H,8-9,12-13H2. The van der Waals surface area contributed by atoms with Crippen LogP contribution >= 0.6 is 0 Å². The van der Waals surface area contributed by atoms with Gasteiger partial charge in [0.05, 0.1) is 12.2 Å². The van der Waals surface area contributed by atoms with Gasteiger partial charge in [-0.15, -0.1) is 0 Å². The lowest BCUT2D eigenvalue weighted by atomic mass is 10.0. The lowest BCUT2D eigenvalue weighted by Gasteiger charge is -2.10. The first-order valence-corrected chi connectivity index (χ1v) is 7.61. The fourth-order valence-corrected chi connectivity index (χ4v) is 2.78. The Bertz CT molecular complexity index is 751. The number of hydrogen-bond acceptors (Lipinski definition) is 2. The van der Waals surface area contributed by atoms with Crippen molar-refractivity contribution < 1.29 is 0 Å². The van der Waals surface area contributed by atoms with Crippen molar-refractivity contribution in [2.45, 2.75) is 32.0 Å². The van der Waals surface area contributed by atoms with Gasteiger partial charge in [-0.1, -0.05) is 42.5 Å². The van der Waals surface area contributed by atoms with Crippen LogP contribution in [0.15, 0.2) is 54.7 Å². The van der Waals surface area contributed by atoms with Gasteiger partial charge in [0.15, 0.2) is 0 Å². The van der Waals surface area contributed by atoms with E-state index < -0.39 is 0 Å². The highest BCUT2D eigenvalue weighted by atomic mass is 15.3. The molecular weight excluding hydrogens is 258 g/mol. The normalized spacial score (nSPS) is 14.7. The lowest BCUT2D eigenvalue weighted by molar-refractivity contribution is 0.595. The number of benzene rings is 2. The van der Waals surface area contributed by atoms with Gasteiger partial charge in [-0.2, -0.15) is 5.10 Å². The molecule has 4 rings (SSSR count). The number of nitrogens with zero attached hydrogens (tertiary/aromatic N) is 2. The molecule has 2 aromatic carbocycles. The molecule has 3 nitrogen and oxygen atoms in total. The third-order valence-corrected chi connectivity index (χ3v) is 4.15. The zero-order chi connectivity index (χ0) is 14.1. The first kappa shape index (κ1) is 12.6. The van der Waals surface area contributed by atoms with Crippen molar-refractivity contribution >= 4 is 10.8 Å². The summed E-state index contributed by atoms with van der Waals surface area (Å²) in [6, 6.07) is 17.9. The Labute approximate surface area is 124 Å². The van der Waals surface area contributed by atoms with Gasteiger partial charge >= 0.3 is 0 Å². The summed E-state index contributed by atoms with van der Waals surface area (Å²) in [6.45, 7) is 1.74. The third kappa shape index (κ3) is 2.69. The number of nitrogens with one attached hydrogen (secondary N) is 1. The van der Waals surface area contributed by atoms with E-state index in [0.29, 0.717) is 0 Å². The first-order valence-electron chi connectivity index (χ1n) is 7.61. The SMILES string of the molecule is c1ccc2c(Cn3nccc3CNC3CC3)cccc2c1. The molecule has 0 aliphatic heterocycles. The van der Waals surface area contributed by atoms with Crippen molar-refractivity contribution in [1.82, 2.24) is 15.1 Å². The molecular formula is C18H19N3. The lowest BCUT2D eigenvalue weighted by Crippen LogP contribution is -2.19. The molecule has 1 fully saturated rings. The summed E-state index contributed by atoms with van der Waals surface area (Å²) in [5.74, 6) is 0. The second-order valence-electron chi connectivity index (χ2n) is 5.77. The summed E-state index contributed by atoms with van der Waals surface area (Å²) in [4.78, 5) is 0. The minimum atomic E-state index is 0.728. The Hall–Kier alpha value is -2.13. The van der Waals surface area contributed by atoms with E-state index in [1.807, 2.05) is 6.20 Å². The molecule has 3 heteroatoms. The summed E-state index contributed by atoms with van der Waals surface area (Å²) in [7, 11) is 0. The predicted molar refractivity (Wildman–Crippen MR) is 85.1 cm³/mol. The van der Waals surface area contributed by atoms with Crippen LogP contribution < -0.4 is 5.32 Å². The van der Waals surface area contributed by atoms with Crippen LogP contribution in [0.2, 0.25) is 0 Å². The van der Waals surface area contributed by atoms with Gasteiger partial charge in [0, 0.05) is 18.8 Å². The Morgan fingerprint density at radius 1 is 1.05 bits per heavy atom. The maximum Gasteiger partial charge on any atom is 0.0669 e. The highest BCUT2D eigenvalue weighted by Crippen LogP contribution is 2.21. The fourth-order valence-electron chi connectivity index (χ4n) is 2.78. The van der Waals surface area contributed by atoms with E-state index in [-0.39, 0.29) is 0 Å². The molecule has 106 valence electrons. The molecule has 1 heterocycles. The average molecular weight is 277 g/mol. The molecule has 0 bridgehead atoms. The minimum absolute atomic E-state index is 0.728. The van der Waals surface area contributed by atoms with E-state index in [9.17, 15) is 0 Å². The largest absolute Gasteiger partial charge is 0.308 e. The van der Waals surface area contributed by atoms with Gasteiger partial charge in [0.2, 0.25) is 0 Å². The Kier molecular flexibility index (Phi) is 3.20. The molecule has 0 saturated heterocycles. The van der Waals surface area contributed by atoms with E-state index in [1.54, 1.807) is 0 Å². The van der Waals surface area contributed by atoms with Crippen molar-refractivity contribution in [2.75, 3.05) is 0 Å². The van der Waals surface area contributed by atoms with Gasteiger partial charge in [-0.05, 0) is 35.2 Å². The maximum absolute atomic E-state index is 4.49. The van der Waals surface area contributed by atoms with Crippen molar-refractivity contribution in [3.8, 4) is 0 Å². The van der Waals surface area contributed by atoms with Crippen LogP contribution in [0.1, 0.15) is 24.1 Å². The minimum Gasteiger partial charge on any atom is -0.308 e. The van der Waals surface area contributed by atoms with Crippen molar-refractivity contribution in [3.05, 3.63) is 66.0 Å². The van der Waals surface area contributed by atoms with E-state index in [1.165, 1.54) is 34.9 Å². The van der Waals surface area contributed by atoms with Crippen LogP contribution in [-0.4, -0.2) is 15.8 Å². The number of hydrogen-bond donors (Lipinski definition) is 1. The highest BCUT2D eigenvalue weighted by molar-refractivity contribution is 5.85. The van der Waals surface area contributed by atoms with Gasteiger partial charge in [-0.3, -0.25) is 4.68 Å². The van der Waals surface area contributed by atoms with E-state index >= 15 is 0 Å². The van der Waals surface area contributed by atoms with Crippen LogP contribution in [0.5, 0.6) is 0 Å². The molecule has 0 radical (unpaired) electrons. The fraction of sp³-hybridized carbons (Fsp3) is 0.278. The van der Waals surface area contributed by atoms with Crippen LogP contribution in [0.4, 0.5) is 0 Å². The van der Waals surface area contributed by atoms with Gasteiger partial charge in [-0.25, -0.2) is 0 Å². The molecule has 1 aliphatic carbocycles. The Balaban J connectivity index is 1.61. The first-order chi connectivity index (χ1) is 10.4. The number of aromatic nitrogens is 2. The van der Waals surface area contributed by atoms with E-state index in [4.69, 9.17) is 0 Å². The van der Waals surface area contributed by atoms with Gasteiger partial charge in [0.1, 0.15) is 0 Å². The predicted octanol–water partition coefficient (Wildman–Crippen LogP) is 3.34. The molecule has 1 saturated carbocycles. The van der Waals surface area contributed by atoms with Crippen LogP contribution in [0, 0.1) is 0 Å². The summed E-state index contributed by atoms with van der Waals surface area (Å²) < 4.78 is 2.11. The van der Waals surface area contributed by atoms with E-state index in [2.05, 4.69) is 63.6 Å². The second kappa shape index (κ2) is 5.34. The summed E-state index contributed by atoms with van der Waals surface area (Å²) >= 11 is 0. The topological polar surface area (TPSA) is 29.9 Å². The molecule has 0 spiro atoms. The van der Waals surface area contributed by atoms with Crippen molar-refractivity contribution in [1.29, 1.82) is 0 Å². The van der Waals surface area contributed by atoms with Crippen molar-refractivity contribution in [3.63, 3.8) is 0 Å². The molecule has 1 aromatic heterocycles. The second-order valence-corrected chi connectivity index (χ2v) is 5.77. The van der Waals surface area contributed by atoms with Gasteiger partial charge < -0.3 is 5.32 Å². The Morgan fingerprint density at radius 2 is 1.90 bits per heavy atom. The third-order valence-electron chi connectivity index (χ3n) is 4.15. The smallest absolute Gasteiger partial charge is 0.0669 e. The average Bonchev–Trinajstić information content (AvgIpc) is 3.25. The molecule has 3 aromatic rings. The van der Waals surface area contributed by atoms with Crippen LogP contribution in [-0.2, 0) is 13.1 Å². The Morgan fingerprint density at radius 3 is 2.81 bits per heavy atom. The molecule has 0 unspecified atom stereocenters. The zero-order valence-electron chi connectivity index (χ0n) is 12.0. The number of rotatable bonds is 5.